The third-order valence-corrected chi connectivity index (χ3v) is 6.81. The minimum Gasteiger partial charge on any atom is -0.332 e. The summed E-state index contributed by atoms with van der Waals surface area (Å²) in [5, 5.41) is 3.19. The van der Waals surface area contributed by atoms with Crippen molar-refractivity contribution >= 4 is 58.4 Å². The molecule has 0 bridgehead atoms. The Kier molecular flexibility index (Phi) is 10.4. The maximum atomic E-state index is 12.8. The van der Waals surface area contributed by atoms with E-state index in [0.29, 0.717) is 0 Å². The van der Waals surface area contributed by atoms with Crippen LogP contribution in [0.25, 0.3) is 0 Å². The molecular formula is C17H25N3O7S3. The molecule has 4 unspecified atom stereocenters. The quantitative estimate of drug-likeness (QED) is 0.429. The van der Waals surface area contributed by atoms with Crippen molar-refractivity contribution in [1.29, 1.82) is 0 Å². The van der Waals surface area contributed by atoms with E-state index >= 15 is 0 Å². The first-order chi connectivity index (χ1) is 14.0. The predicted molar refractivity (Wildman–Crippen MR) is 116 cm³/mol. The fourth-order valence-electron chi connectivity index (χ4n) is 2.30. The van der Waals surface area contributed by atoms with E-state index in [1.54, 1.807) is 36.8 Å². The lowest BCUT2D eigenvalue weighted by Gasteiger charge is -2.29. The highest BCUT2D eigenvalue weighted by Gasteiger charge is 2.50. The first-order valence-electron chi connectivity index (χ1n) is 8.76. The van der Waals surface area contributed by atoms with E-state index in [4.69, 9.17) is 17.2 Å². The number of carbonyl (C=O) groups is 4. The predicted octanol–water partition coefficient (Wildman–Crippen LogP) is -0.161. The molecule has 6 N–H and O–H groups in total. The summed E-state index contributed by atoms with van der Waals surface area (Å²) >= 11 is -0.879. The second-order valence-corrected chi connectivity index (χ2v) is 8.91. The number of hydrogen-bond acceptors (Lipinski definition) is 12. The van der Waals surface area contributed by atoms with E-state index in [9.17, 15) is 23.4 Å². The minimum absolute atomic E-state index is 0.207. The summed E-state index contributed by atoms with van der Waals surface area (Å²) < 4.78 is 21.2. The Hall–Kier alpha value is -1.51. The lowest BCUT2D eigenvalue weighted by molar-refractivity contribution is -0.147. The van der Waals surface area contributed by atoms with Gasteiger partial charge < -0.3 is 25.6 Å². The molecule has 1 rings (SSSR count). The van der Waals surface area contributed by atoms with Crippen molar-refractivity contribution in [2.45, 2.75) is 43.8 Å². The molecule has 30 heavy (non-hydrogen) atoms. The summed E-state index contributed by atoms with van der Waals surface area (Å²) in [5.74, 6) is -4.84. The fraction of sp³-hybridized carbons (Fsp3) is 0.529. The normalized spacial score (nSPS) is 32.0. The molecule has 0 amide bonds. The van der Waals surface area contributed by atoms with Crippen LogP contribution in [0, 0.1) is 0 Å². The number of thioether (sulfide) groups is 2. The van der Waals surface area contributed by atoms with Crippen molar-refractivity contribution in [2.75, 3.05) is 11.5 Å². The summed E-state index contributed by atoms with van der Waals surface area (Å²) in [4.78, 5) is 50.4. The molecule has 1 fully saturated rings. The van der Waals surface area contributed by atoms with Gasteiger partial charge in [-0.25, -0.2) is 9.59 Å². The number of ketones is 2. The van der Waals surface area contributed by atoms with E-state index < -0.39 is 52.0 Å². The van der Waals surface area contributed by atoms with Gasteiger partial charge in [0.15, 0.2) is 22.6 Å². The van der Waals surface area contributed by atoms with Gasteiger partial charge in [-0.2, -0.15) is 4.21 Å². The van der Waals surface area contributed by atoms with Gasteiger partial charge in [-0.15, -0.1) is 23.5 Å². The topological polar surface area (TPSA) is 182 Å². The van der Waals surface area contributed by atoms with Gasteiger partial charge in [0.25, 0.3) is 0 Å². The summed E-state index contributed by atoms with van der Waals surface area (Å²) in [6, 6.07) is -1.31. The van der Waals surface area contributed by atoms with Crippen molar-refractivity contribution in [1.82, 2.24) is 0 Å². The standard InChI is InChI=1S/C17H25N3O7S3/c1-3-7-28-9-16(19)12(21)6-5-11(18)13(22)17(20,10-29-8-4-2)15(24)27-30(25)26-14(16)23/h3-4,7-8,11H,5-6,9-10,18-20H2,1-2H3/b7-3+,8-4+. The molecule has 0 spiro atoms. The molecule has 0 aromatic carbocycles. The maximum absolute atomic E-state index is 12.8. The molecular weight excluding hydrogens is 454 g/mol. The van der Waals surface area contributed by atoms with Crippen LogP contribution in [-0.4, -0.2) is 56.3 Å². The Bertz CT molecular complexity index is 774. The van der Waals surface area contributed by atoms with Gasteiger partial charge in [-0.05, 0) is 31.1 Å². The largest absolute Gasteiger partial charge is 0.423 e. The van der Waals surface area contributed by atoms with Gasteiger partial charge in [0.1, 0.15) is 0 Å². The van der Waals surface area contributed by atoms with Crippen molar-refractivity contribution < 1.29 is 31.8 Å². The van der Waals surface area contributed by atoms with Gasteiger partial charge in [0.05, 0.1) is 6.04 Å². The summed E-state index contributed by atoms with van der Waals surface area (Å²) in [5.41, 5.74) is 13.4. The van der Waals surface area contributed by atoms with Crippen LogP contribution in [0.4, 0.5) is 0 Å². The molecule has 1 aliphatic heterocycles. The van der Waals surface area contributed by atoms with E-state index in [0.717, 1.165) is 23.5 Å². The number of hydrogen-bond donors (Lipinski definition) is 3. The third-order valence-electron chi connectivity index (χ3n) is 4.06. The molecule has 0 aromatic heterocycles. The van der Waals surface area contributed by atoms with E-state index in [1.165, 1.54) is 0 Å². The Labute approximate surface area is 185 Å². The van der Waals surface area contributed by atoms with Crippen molar-refractivity contribution in [3.05, 3.63) is 23.0 Å². The molecule has 0 saturated carbocycles. The number of rotatable bonds is 6. The maximum Gasteiger partial charge on any atom is 0.423 e. The molecule has 4 atom stereocenters. The highest BCUT2D eigenvalue weighted by Crippen LogP contribution is 2.23. The number of carbonyl (C=O) groups excluding carboxylic acids is 4. The number of allylic oxidation sites excluding steroid dienone is 2. The van der Waals surface area contributed by atoms with Crippen molar-refractivity contribution in [3.8, 4) is 0 Å². The van der Waals surface area contributed by atoms with Crippen LogP contribution in [-0.2, 0) is 38.9 Å². The Morgan fingerprint density at radius 2 is 1.47 bits per heavy atom. The molecule has 0 aromatic rings. The lowest BCUT2D eigenvalue weighted by Crippen LogP contribution is -2.63. The Morgan fingerprint density at radius 3 is 1.97 bits per heavy atom. The molecule has 13 heteroatoms. The zero-order valence-corrected chi connectivity index (χ0v) is 19.0. The monoisotopic (exact) mass is 479 g/mol. The molecule has 0 aliphatic carbocycles. The third kappa shape index (κ3) is 6.49. The number of Topliss-reactive ketones (excluding diaryl/α,β-unsaturated/α-hetero) is 2. The van der Waals surface area contributed by atoms with E-state index in [1.807, 2.05) is 0 Å². The second kappa shape index (κ2) is 11.8. The van der Waals surface area contributed by atoms with Crippen molar-refractivity contribution in [3.63, 3.8) is 0 Å². The minimum atomic E-state index is -2.97. The smallest absolute Gasteiger partial charge is 0.332 e. The molecule has 10 nitrogen and oxygen atoms in total. The van der Waals surface area contributed by atoms with Crippen molar-refractivity contribution in [2.24, 2.45) is 17.2 Å². The van der Waals surface area contributed by atoms with Crippen LogP contribution in [0.15, 0.2) is 23.0 Å². The van der Waals surface area contributed by atoms with Gasteiger partial charge >= 0.3 is 23.3 Å². The van der Waals surface area contributed by atoms with E-state index in [2.05, 4.69) is 8.37 Å². The SMILES string of the molecule is C/C=C/SCC1(N)C(=O)CCC(N)C(=O)C(N)(CS/C=C/C)C(=O)OS(=O)OC1=O. The molecule has 1 saturated heterocycles. The second-order valence-electron chi connectivity index (χ2n) is 6.38. The van der Waals surface area contributed by atoms with Crippen LogP contribution in [0.1, 0.15) is 26.7 Å². The van der Waals surface area contributed by atoms with Crippen LogP contribution in [0.2, 0.25) is 0 Å². The highest BCUT2D eigenvalue weighted by atomic mass is 32.2. The lowest BCUT2D eigenvalue weighted by atomic mass is 9.87. The Balaban J connectivity index is 3.25. The summed E-state index contributed by atoms with van der Waals surface area (Å²) in [6.45, 7) is 3.45. The van der Waals surface area contributed by atoms with Gasteiger partial charge in [0.2, 0.25) is 0 Å². The highest BCUT2D eigenvalue weighted by molar-refractivity contribution is 8.02. The average molecular weight is 480 g/mol. The summed E-state index contributed by atoms with van der Waals surface area (Å²) in [6.07, 6.45) is 2.76. The molecule has 168 valence electrons. The first kappa shape index (κ1) is 26.5. The van der Waals surface area contributed by atoms with Crippen LogP contribution in [0.5, 0.6) is 0 Å². The van der Waals surface area contributed by atoms with Gasteiger partial charge in [0, 0.05) is 17.9 Å². The Morgan fingerprint density at radius 1 is 1.00 bits per heavy atom. The molecule has 0 radical (unpaired) electrons. The molecule has 1 aliphatic rings. The average Bonchev–Trinajstić information content (AvgIpc) is 2.70. The fourth-order valence-corrected chi connectivity index (χ4v) is 4.52. The zero-order valence-electron chi connectivity index (χ0n) is 16.5. The van der Waals surface area contributed by atoms with Crippen LogP contribution < -0.4 is 17.2 Å². The van der Waals surface area contributed by atoms with Crippen LogP contribution >= 0.6 is 23.5 Å². The van der Waals surface area contributed by atoms with Gasteiger partial charge in [-0.3, -0.25) is 9.59 Å². The number of nitrogens with two attached hydrogens (primary N) is 3. The van der Waals surface area contributed by atoms with Gasteiger partial charge in [-0.1, -0.05) is 12.2 Å². The van der Waals surface area contributed by atoms with Crippen LogP contribution in [0.3, 0.4) is 0 Å². The van der Waals surface area contributed by atoms with E-state index in [-0.39, 0.29) is 24.3 Å². The zero-order chi connectivity index (χ0) is 22.9. The first-order valence-corrected chi connectivity index (χ1v) is 11.9. The molecule has 1 heterocycles. The summed E-state index contributed by atoms with van der Waals surface area (Å²) in [7, 11) is 0.